The summed E-state index contributed by atoms with van der Waals surface area (Å²) in [5.41, 5.74) is 2.14. The molecule has 0 amide bonds. The smallest absolute Gasteiger partial charge is 0.249 e. The van der Waals surface area contributed by atoms with Crippen LogP contribution in [0.1, 0.15) is 19.4 Å². The monoisotopic (exact) mass is 397 g/mol. The first-order chi connectivity index (χ1) is 12.1. The van der Waals surface area contributed by atoms with Crippen molar-refractivity contribution in [1.82, 2.24) is 15.2 Å². The molecule has 0 unspecified atom stereocenters. The topological polar surface area (TPSA) is 53.9 Å². The van der Waals surface area contributed by atoms with Crippen LogP contribution >= 0.6 is 15.9 Å². The van der Waals surface area contributed by atoms with E-state index < -0.39 is 0 Å². The first-order valence-corrected chi connectivity index (χ1v) is 8.94. The molecule has 3 aromatic rings. The zero-order chi connectivity index (χ0) is 17.6. The first kappa shape index (κ1) is 17.4. The molecule has 25 heavy (non-hydrogen) atoms. The highest BCUT2D eigenvalue weighted by Crippen LogP contribution is 2.21. The number of hydrogen-bond acceptors (Lipinski definition) is 5. The van der Waals surface area contributed by atoms with Crippen molar-refractivity contribution in [2.24, 2.45) is 0 Å². The van der Waals surface area contributed by atoms with Gasteiger partial charge in [0, 0.05) is 22.7 Å². The Morgan fingerprint density at radius 1 is 1.08 bits per heavy atom. The number of benzene rings is 2. The van der Waals surface area contributed by atoms with Crippen LogP contribution in [0.2, 0.25) is 0 Å². The van der Waals surface area contributed by atoms with Gasteiger partial charge in [0.25, 0.3) is 0 Å². The third-order valence-corrected chi connectivity index (χ3v) is 4.23. The van der Waals surface area contributed by atoms with Crippen LogP contribution < -0.4 is 10.2 Å². The van der Waals surface area contributed by atoms with E-state index in [0.29, 0.717) is 5.95 Å². The second-order valence-electron chi connectivity index (χ2n) is 5.98. The van der Waals surface area contributed by atoms with Crippen LogP contribution in [-0.4, -0.2) is 21.2 Å². The summed E-state index contributed by atoms with van der Waals surface area (Å²) in [4.78, 5) is 6.85. The average molecular weight is 398 g/mol. The standard InChI is InChI=1S/C19H20BrN5/c1-14(2)25(13-15-7-4-3-5-8-15)18-12-21-24-19(23-18)22-17-10-6-9-16(20)11-17/h3-12,14H,13H2,1-2H3,(H,22,23,24). The largest absolute Gasteiger partial charge is 0.348 e. The maximum atomic E-state index is 4.64. The molecule has 0 fully saturated rings. The Labute approximate surface area is 156 Å². The summed E-state index contributed by atoms with van der Waals surface area (Å²) in [6.45, 7) is 5.06. The Kier molecular flexibility index (Phi) is 5.60. The SMILES string of the molecule is CC(C)N(Cc1ccccc1)c1cnnc(Nc2cccc(Br)c2)n1. The normalized spacial score (nSPS) is 10.7. The molecule has 0 aliphatic carbocycles. The molecule has 0 aliphatic heterocycles. The lowest BCUT2D eigenvalue weighted by molar-refractivity contribution is 0.668. The third kappa shape index (κ3) is 4.76. The summed E-state index contributed by atoms with van der Waals surface area (Å²) in [6.07, 6.45) is 1.70. The van der Waals surface area contributed by atoms with Crippen LogP contribution in [-0.2, 0) is 6.54 Å². The Bertz CT molecular complexity index is 823. The summed E-state index contributed by atoms with van der Waals surface area (Å²) >= 11 is 3.46. The lowest BCUT2D eigenvalue weighted by atomic mass is 10.2. The molecule has 0 radical (unpaired) electrons. The predicted molar refractivity (Wildman–Crippen MR) is 105 cm³/mol. The summed E-state index contributed by atoms with van der Waals surface area (Å²) < 4.78 is 0.995. The van der Waals surface area contributed by atoms with E-state index in [4.69, 9.17) is 0 Å². The van der Waals surface area contributed by atoms with Gasteiger partial charge in [-0.25, -0.2) is 0 Å². The Morgan fingerprint density at radius 2 is 1.88 bits per heavy atom. The maximum absolute atomic E-state index is 4.64. The number of nitrogens with one attached hydrogen (secondary N) is 1. The van der Waals surface area contributed by atoms with Crippen LogP contribution in [0.25, 0.3) is 0 Å². The van der Waals surface area contributed by atoms with Crippen LogP contribution in [0.5, 0.6) is 0 Å². The van der Waals surface area contributed by atoms with Crippen LogP contribution in [0.4, 0.5) is 17.5 Å². The summed E-state index contributed by atoms with van der Waals surface area (Å²) in [5, 5.41) is 11.4. The van der Waals surface area contributed by atoms with Gasteiger partial charge in [-0.1, -0.05) is 52.3 Å². The van der Waals surface area contributed by atoms with Gasteiger partial charge in [0.1, 0.15) is 0 Å². The Balaban J connectivity index is 1.82. The van der Waals surface area contributed by atoms with Gasteiger partial charge < -0.3 is 10.2 Å². The number of nitrogens with zero attached hydrogens (tertiary/aromatic N) is 4. The van der Waals surface area contributed by atoms with E-state index >= 15 is 0 Å². The fourth-order valence-electron chi connectivity index (χ4n) is 2.49. The molecule has 1 aromatic heterocycles. The maximum Gasteiger partial charge on any atom is 0.249 e. The van der Waals surface area contributed by atoms with E-state index in [-0.39, 0.29) is 6.04 Å². The first-order valence-electron chi connectivity index (χ1n) is 8.15. The molecule has 0 saturated carbocycles. The molecule has 1 heterocycles. The Hall–Kier alpha value is -2.47. The van der Waals surface area contributed by atoms with Gasteiger partial charge in [-0.3, -0.25) is 0 Å². The van der Waals surface area contributed by atoms with Gasteiger partial charge in [-0.05, 0) is 37.6 Å². The predicted octanol–water partition coefficient (Wildman–Crippen LogP) is 4.79. The average Bonchev–Trinajstić information content (AvgIpc) is 2.60. The van der Waals surface area contributed by atoms with Crippen molar-refractivity contribution in [3.63, 3.8) is 0 Å². The number of hydrogen-bond donors (Lipinski definition) is 1. The van der Waals surface area contributed by atoms with Crippen molar-refractivity contribution in [2.45, 2.75) is 26.4 Å². The summed E-state index contributed by atoms with van der Waals surface area (Å²) in [5.74, 6) is 1.28. The quantitative estimate of drug-likeness (QED) is 0.647. The number of rotatable bonds is 6. The minimum Gasteiger partial charge on any atom is -0.348 e. The van der Waals surface area contributed by atoms with Gasteiger partial charge in [0.05, 0.1) is 6.20 Å². The molecule has 6 heteroatoms. The van der Waals surface area contributed by atoms with Crippen molar-refractivity contribution in [2.75, 3.05) is 10.2 Å². The summed E-state index contributed by atoms with van der Waals surface area (Å²) in [6, 6.07) is 18.5. The molecule has 3 rings (SSSR count). The second kappa shape index (κ2) is 8.07. The van der Waals surface area contributed by atoms with Gasteiger partial charge in [-0.15, -0.1) is 5.10 Å². The van der Waals surface area contributed by atoms with E-state index in [0.717, 1.165) is 22.5 Å². The van der Waals surface area contributed by atoms with Crippen LogP contribution in [0, 0.1) is 0 Å². The number of aromatic nitrogens is 3. The van der Waals surface area contributed by atoms with Crippen LogP contribution in [0.15, 0.2) is 65.3 Å². The second-order valence-corrected chi connectivity index (χ2v) is 6.90. The fourth-order valence-corrected chi connectivity index (χ4v) is 2.89. The molecule has 0 bridgehead atoms. The van der Waals surface area contributed by atoms with E-state index in [1.165, 1.54) is 5.56 Å². The van der Waals surface area contributed by atoms with E-state index in [2.05, 4.69) is 67.3 Å². The lowest BCUT2D eigenvalue weighted by Crippen LogP contribution is -2.31. The molecule has 0 atom stereocenters. The van der Waals surface area contributed by atoms with E-state index in [9.17, 15) is 0 Å². The molecule has 1 N–H and O–H groups in total. The van der Waals surface area contributed by atoms with Gasteiger partial charge in [0.15, 0.2) is 5.82 Å². The Morgan fingerprint density at radius 3 is 2.60 bits per heavy atom. The molecular weight excluding hydrogens is 378 g/mol. The molecule has 0 saturated heterocycles. The van der Waals surface area contributed by atoms with Crippen molar-refractivity contribution >= 4 is 33.4 Å². The zero-order valence-corrected chi connectivity index (χ0v) is 15.8. The minimum atomic E-state index is 0.288. The molecule has 0 spiro atoms. The van der Waals surface area contributed by atoms with Crippen molar-refractivity contribution in [3.05, 3.63) is 70.8 Å². The molecule has 5 nitrogen and oxygen atoms in total. The molecular formula is C19H20BrN5. The molecule has 128 valence electrons. The summed E-state index contributed by atoms with van der Waals surface area (Å²) in [7, 11) is 0. The van der Waals surface area contributed by atoms with Gasteiger partial charge in [0.2, 0.25) is 5.95 Å². The van der Waals surface area contributed by atoms with E-state index in [1.54, 1.807) is 6.20 Å². The van der Waals surface area contributed by atoms with Gasteiger partial charge in [-0.2, -0.15) is 10.1 Å². The van der Waals surface area contributed by atoms with Gasteiger partial charge >= 0.3 is 0 Å². The fraction of sp³-hybridized carbons (Fsp3) is 0.211. The zero-order valence-electron chi connectivity index (χ0n) is 14.2. The van der Waals surface area contributed by atoms with Crippen molar-refractivity contribution in [1.29, 1.82) is 0 Å². The highest BCUT2D eigenvalue weighted by atomic mass is 79.9. The van der Waals surface area contributed by atoms with E-state index in [1.807, 2.05) is 42.5 Å². The van der Waals surface area contributed by atoms with Crippen molar-refractivity contribution in [3.8, 4) is 0 Å². The lowest BCUT2D eigenvalue weighted by Gasteiger charge is -2.27. The molecule has 2 aromatic carbocycles. The number of halogens is 1. The van der Waals surface area contributed by atoms with Crippen molar-refractivity contribution < 1.29 is 0 Å². The highest BCUT2D eigenvalue weighted by molar-refractivity contribution is 9.10. The number of anilines is 3. The molecule has 0 aliphatic rings. The minimum absolute atomic E-state index is 0.288. The van der Waals surface area contributed by atoms with Crippen LogP contribution in [0.3, 0.4) is 0 Å². The highest BCUT2D eigenvalue weighted by Gasteiger charge is 2.14. The third-order valence-electron chi connectivity index (χ3n) is 3.74.